The summed E-state index contributed by atoms with van der Waals surface area (Å²) >= 11 is 9.03. The Bertz CT molecular complexity index is 1400. The van der Waals surface area contributed by atoms with E-state index in [4.69, 9.17) is 16.3 Å². The summed E-state index contributed by atoms with van der Waals surface area (Å²) in [5.74, 6) is -2.21. The fraction of sp³-hybridized carbons (Fsp3) is 0.0417. The van der Waals surface area contributed by atoms with Crippen LogP contribution in [0.4, 0.5) is 17.1 Å². The zero-order valence-corrected chi connectivity index (χ0v) is 20.6. The first-order valence-electron chi connectivity index (χ1n) is 10.3. The fourth-order valence-corrected chi connectivity index (χ4v) is 3.93. The van der Waals surface area contributed by atoms with Crippen LogP contribution in [0.25, 0.3) is 6.08 Å². The quantitative estimate of drug-likeness (QED) is 0.186. The lowest BCUT2D eigenvalue weighted by Crippen LogP contribution is -2.35. The average molecular weight is 572 g/mol. The molecule has 182 valence electrons. The minimum Gasteiger partial charge on any atom is -0.476 e. The molecule has 1 aliphatic rings. The molecule has 0 aliphatic carbocycles. The van der Waals surface area contributed by atoms with Gasteiger partial charge in [0.2, 0.25) is 5.75 Å². The number of nitro groups is 1. The number of amides is 3. The predicted molar refractivity (Wildman–Crippen MR) is 136 cm³/mol. The number of hydrazine groups is 1. The van der Waals surface area contributed by atoms with Crippen LogP contribution in [0.15, 0.2) is 76.8 Å². The van der Waals surface area contributed by atoms with Crippen LogP contribution < -0.4 is 20.5 Å². The van der Waals surface area contributed by atoms with Crippen molar-refractivity contribution in [3.8, 4) is 5.75 Å². The summed E-state index contributed by atoms with van der Waals surface area (Å²) in [6.07, 6.45) is 1.19. The Hall–Kier alpha value is -4.22. The van der Waals surface area contributed by atoms with Crippen LogP contribution in [-0.4, -0.2) is 29.3 Å². The molecule has 0 atom stereocenters. The Morgan fingerprint density at radius 1 is 1.14 bits per heavy atom. The predicted octanol–water partition coefficient (Wildman–Crippen LogP) is 4.49. The molecule has 0 bridgehead atoms. The van der Waals surface area contributed by atoms with Crippen molar-refractivity contribution < 1.29 is 24.0 Å². The molecule has 0 aromatic heterocycles. The van der Waals surface area contributed by atoms with Crippen molar-refractivity contribution in [3.63, 3.8) is 0 Å². The lowest BCUT2D eigenvalue weighted by Gasteiger charge is -2.14. The second-order valence-electron chi connectivity index (χ2n) is 7.42. The number of anilines is 2. The molecule has 10 nitrogen and oxygen atoms in total. The zero-order chi connectivity index (χ0) is 25.8. The third-order valence-electron chi connectivity index (χ3n) is 4.94. The van der Waals surface area contributed by atoms with Crippen LogP contribution in [0.3, 0.4) is 0 Å². The van der Waals surface area contributed by atoms with Crippen molar-refractivity contribution in [2.24, 2.45) is 0 Å². The first-order valence-corrected chi connectivity index (χ1v) is 11.5. The molecular formula is C24H16BrClN4O6. The second kappa shape index (κ2) is 10.6. The number of nitrogens with one attached hydrogen (secondary N) is 2. The van der Waals surface area contributed by atoms with E-state index in [0.29, 0.717) is 20.9 Å². The molecule has 4 rings (SSSR count). The van der Waals surface area contributed by atoms with Crippen LogP contribution in [0.1, 0.15) is 5.56 Å². The molecule has 1 saturated heterocycles. The first-order chi connectivity index (χ1) is 17.2. The molecule has 1 aliphatic heterocycles. The van der Waals surface area contributed by atoms with Crippen LogP contribution in [0, 0.1) is 10.1 Å². The van der Waals surface area contributed by atoms with Crippen LogP contribution in [0.5, 0.6) is 5.75 Å². The molecule has 2 N–H and O–H groups in total. The summed E-state index contributed by atoms with van der Waals surface area (Å²) in [5, 5.41) is 15.9. The number of benzene rings is 3. The van der Waals surface area contributed by atoms with E-state index in [1.165, 1.54) is 18.2 Å². The third kappa shape index (κ3) is 5.53. The SMILES string of the molecule is O=C(COc1c(/C=C2/C(=O)NN(c3ccccc3)C2=O)cc(Br)cc1[N+](=O)[O-])Nc1ccc(Cl)cc1. The molecule has 0 saturated carbocycles. The van der Waals surface area contributed by atoms with Gasteiger partial charge >= 0.3 is 5.69 Å². The van der Waals surface area contributed by atoms with Gasteiger partial charge in [-0.15, -0.1) is 0 Å². The van der Waals surface area contributed by atoms with E-state index in [2.05, 4.69) is 26.7 Å². The molecule has 0 unspecified atom stereocenters. The Morgan fingerprint density at radius 2 is 1.83 bits per heavy atom. The molecule has 12 heteroatoms. The van der Waals surface area contributed by atoms with Gasteiger partial charge < -0.3 is 10.1 Å². The van der Waals surface area contributed by atoms with Crippen LogP contribution >= 0.6 is 27.5 Å². The van der Waals surface area contributed by atoms with Gasteiger partial charge in [-0.2, -0.15) is 0 Å². The van der Waals surface area contributed by atoms with Gasteiger partial charge in [0.25, 0.3) is 17.7 Å². The highest BCUT2D eigenvalue weighted by atomic mass is 79.9. The Morgan fingerprint density at radius 3 is 2.50 bits per heavy atom. The number of halogens is 2. The van der Waals surface area contributed by atoms with Gasteiger partial charge in [-0.1, -0.05) is 45.7 Å². The lowest BCUT2D eigenvalue weighted by molar-refractivity contribution is -0.385. The minimum atomic E-state index is -0.696. The largest absolute Gasteiger partial charge is 0.476 e. The number of nitrogens with zero attached hydrogens (tertiary/aromatic N) is 2. The summed E-state index contributed by atoms with van der Waals surface area (Å²) in [5.41, 5.74) is 2.69. The molecule has 1 heterocycles. The Balaban J connectivity index is 1.63. The zero-order valence-electron chi connectivity index (χ0n) is 18.2. The first kappa shape index (κ1) is 24.9. The van der Waals surface area contributed by atoms with Gasteiger partial charge in [0, 0.05) is 26.8 Å². The van der Waals surface area contributed by atoms with Gasteiger partial charge in [0.1, 0.15) is 5.57 Å². The minimum absolute atomic E-state index is 0.0591. The van der Waals surface area contributed by atoms with Crippen molar-refractivity contribution in [3.05, 3.63) is 97.5 Å². The number of carbonyl (C=O) groups is 3. The van der Waals surface area contributed by atoms with Crippen molar-refractivity contribution in [2.75, 3.05) is 16.9 Å². The Kier molecular flexibility index (Phi) is 7.32. The molecule has 3 aromatic carbocycles. The number of carbonyl (C=O) groups excluding carboxylic acids is 3. The van der Waals surface area contributed by atoms with Gasteiger partial charge in [-0.3, -0.25) is 29.9 Å². The van der Waals surface area contributed by atoms with E-state index >= 15 is 0 Å². The molecule has 3 aromatic rings. The third-order valence-corrected chi connectivity index (χ3v) is 5.65. The number of hydrogen-bond donors (Lipinski definition) is 2. The smallest absolute Gasteiger partial charge is 0.312 e. The maximum atomic E-state index is 12.9. The van der Waals surface area contributed by atoms with E-state index < -0.39 is 34.9 Å². The standard InChI is InChI=1S/C24H16BrClN4O6/c25-15-10-14(11-19-23(32)28-29(24(19)33)18-4-2-1-3-5-18)22(20(12-15)30(34)35)36-13-21(31)27-17-8-6-16(26)7-9-17/h1-12H,13H2,(H,27,31)(H,28,32)/b19-11-. The van der Waals surface area contributed by atoms with E-state index in [9.17, 15) is 24.5 Å². The maximum Gasteiger partial charge on any atom is 0.312 e. The number of hydrogen-bond acceptors (Lipinski definition) is 6. The number of nitro benzene ring substituents is 1. The van der Waals surface area contributed by atoms with E-state index in [0.717, 1.165) is 5.01 Å². The maximum absolute atomic E-state index is 12.9. The molecule has 0 radical (unpaired) electrons. The van der Waals surface area contributed by atoms with Crippen LogP contribution in [0.2, 0.25) is 5.02 Å². The van der Waals surface area contributed by atoms with Gasteiger partial charge in [-0.25, -0.2) is 5.01 Å². The number of rotatable bonds is 7. The topological polar surface area (TPSA) is 131 Å². The highest BCUT2D eigenvalue weighted by molar-refractivity contribution is 9.10. The van der Waals surface area contributed by atoms with E-state index in [1.54, 1.807) is 54.6 Å². The molecule has 36 heavy (non-hydrogen) atoms. The summed E-state index contributed by atoms with van der Waals surface area (Å²) in [7, 11) is 0. The highest BCUT2D eigenvalue weighted by Gasteiger charge is 2.35. The second-order valence-corrected chi connectivity index (χ2v) is 8.77. The molecule has 1 fully saturated rings. The van der Waals surface area contributed by atoms with E-state index in [1.807, 2.05) is 0 Å². The summed E-state index contributed by atoms with van der Waals surface area (Å²) in [6, 6.07) is 17.4. The van der Waals surface area contributed by atoms with Gasteiger partial charge in [0.05, 0.1) is 10.6 Å². The number of ether oxygens (including phenoxy) is 1. The molecule has 3 amide bonds. The fourth-order valence-electron chi connectivity index (χ4n) is 3.34. The average Bonchev–Trinajstić information content (AvgIpc) is 3.13. The van der Waals surface area contributed by atoms with Crippen molar-refractivity contribution >= 4 is 68.4 Å². The number of para-hydroxylation sites is 1. The monoisotopic (exact) mass is 570 g/mol. The summed E-state index contributed by atoms with van der Waals surface area (Å²) in [4.78, 5) is 48.9. The van der Waals surface area contributed by atoms with Gasteiger partial charge in [-0.05, 0) is 48.5 Å². The van der Waals surface area contributed by atoms with Crippen molar-refractivity contribution in [1.29, 1.82) is 0 Å². The van der Waals surface area contributed by atoms with Crippen molar-refractivity contribution in [1.82, 2.24) is 5.43 Å². The van der Waals surface area contributed by atoms with E-state index in [-0.39, 0.29) is 16.9 Å². The lowest BCUT2D eigenvalue weighted by atomic mass is 10.1. The molecular weight excluding hydrogens is 556 g/mol. The summed E-state index contributed by atoms with van der Waals surface area (Å²) in [6.45, 7) is -0.572. The summed E-state index contributed by atoms with van der Waals surface area (Å²) < 4.78 is 5.84. The normalized spacial score (nSPS) is 14.1. The Labute approximate surface area is 217 Å². The van der Waals surface area contributed by atoms with Crippen LogP contribution in [-0.2, 0) is 14.4 Å². The van der Waals surface area contributed by atoms with Crippen molar-refractivity contribution in [2.45, 2.75) is 0 Å². The highest BCUT2D eigenvalue weighted by Crippen LogP contribution is 2.37. The van der Waals surface area contributed by atoms with Gasteiger partial charge in [0.15, 0.2) is 6.61 Å². The molecule has 0 spiro atoms.